The molecule has 0 radical (unpaired) electrons. The minimum Gasteiger partial charge on any atom is -0.378 e. The van der Waals surface area contributed by atoms with Gasteiger partial charge >= 0.3 is 0 Å². The summed E-state index contributed by atoms with van der Waals surface area (Å²) in [7, 11) is 0. The van der Waals surface area contributed by atoms with Gasteiger partial charge in [0.1, 0.15) is 10.7 Å². The van der Waals surface area contributed by atoms with Gasteiger partial charge < -0.3 is 9.72 Å². The molecule has 22 heavy (non-hydrogen) atoms. The molecule has 0 saturated heterocycles. The molecule has 0 aliphatic heterocycles. The van der Waals surface area contributed by atoms with Gasteiger partial charge in [-0.3, -0.25) is 4.79 Å². The highest BCUT2D eigenvalue weighted by Crippen LogP contribution is 2.33. The highest BCUT2D eigenvalue weighted by Gasteiger charge is 2.19. The molecule has 0 amide bonds. The fraction of sp³-hybridized carbons (Fsp3) is 0.625. The predicted molar refractivity (Wildman–Crippen MR) is 94.1 cm³/mol. The molecule has 0 fully saturated rings. The average Bonchev–Trinajstić information content (AvgIpc) is 2.85. The van der Waals surface area contributed by atoms with E-state index in [1.807, 2.05) is 13.8 Å². The zero-order valence-electron chi connectivity index (χ0n) is 13.1. The Hall–Kier alpha value is -0.850. The molecule has 0 atom stereocenters. The summed E-state index contributed by atoms with van der Waals surface area (Å²) in [5.74, 6) is 2.43. The lowest BCUT2D eigenvalue weighted by Gasteiger charge is -2.09. The SMILES string of the molecule is CC(C)OCCSCc1nc2sc3c(c2c(=O)[nH]1)CCCC3. The molecule has 4 nitrogen and oxygen atoms in total. The van der Waals surface area contributed by atoms with Crippen LogP contribution in [0.4, 0.5) is 0 Å². The zero-order valence-corrected chi connectivity index (χ0v) is 14.7. The standard InChI is InChI=1S/C16H22N2O2S2/c1-10(2)20-7-8-21-9-13-17-15(19)14-11-5-3-4-6-12(11)22-16(14)18-13/h10H,3-9H2,1-2H3,(H,17,18,19). The average molecular weight is 338 g/mol. The van der Waals surface area contributed by atoms with Crippen LogP contribution < -0.4 is 5.56 Å². The van der Waals surface area contributed by atoms with E-state index in [-0.39, 0.29) is 11.7 Å². The number of fused-ring (bicyclic) bond motifs is 3. The molecule has 1 aliphatic carbocycles. The van der Waals surface area contributed by atoms with E-state index < -0.39 is 0 Å². The summed E-state index contributed by atoms with van der Waals surface area (Å²) in [5, 5.41) is 0.844. The molecule has 120 valence electrons. The van der Waals surface area contributed by atoms with Crippen molar-refractivity contribution in [2.24, 2.45) is 0 Å². The molecule has 0 spiro atoms. The number of rotatable bonds is 6. The van der Waals surface area contributed by atoms with E-state index in [4.69, 9.17) is 4.74 Å². The van der Waals surface area contributed by atoms with Gasteiger partial charge in [-0.25, -0.2) is 4.98 Å². The summed E-state index contributed by atoms with van der Waals surface area (Å²) in [5.41, 5.74) is 1.29. The third kappa shape index (κ3) is 3.55. The Morgan fingerprint density at radius 2 is 2.18 bits per heavy atom. The Labute approximate surface area is 138 Å². The van der Waals surface area contributed by atoms with Crippen LogP contribution in [0, 0.1) is 0 Å². The fourth-order valence-electron chi connectivity index (χ4n) is 2.79. The van der Waals surface area contributed by atoms with Crippen molar-refractivity contribution in [3.8, 4) is 0 Å². The molecule has 0 aromatic carbocycles. The molecular formula is C16H22N2O2S2. The van der Waals surface area contributed by atoms with Gasteiger partial charge in [-0.2, -0.15) is 11.8 Å². The van der Waals surface area contributed by atoms with Gasteiger partial charge in [0.05, 0.1) is 23.8 Å². The molecule has 0 saturated carbocycles. The van der Waals surface area contributed by atoms with Crippen LogP contribution in [0.15, 0.2) is 4.79 Å². The van der Waals surface area contributed by atoms with Crippen molar-refractivity contribution in [1.82, 2.24) is 9.97 Å². The van der Waals surface area contributed by atoms with E-state index in [1.165, 1.54) is 23.3 Å². The first kappa shape index (κ1) is 16.0. The van der Waals surface area contributed by atoms with Crippen LogP contribution in [-0.2, 0) is 23.3 Å². The third-order valence-electron chi connectivity index (χ3n) is 3.79. The lowest BCUT2D eigenvalue weighted by atomic mass is 9.97. The topological polar surface area (TPSA) is 55.0 Å². The van der Waals surface area contributed by atoms with E-state index in [9.17, 15) is 4.79 Å². The molecule has 3 rings (SSSR count). The lowest BCUT2D eigenvalue weighted by molar-refractivity contribution is 0.0920. The fourth-order valence-corrected chi connectivity index (χ4v) is 4.76. The number of H-pyrrole nitrogens is 1. The van der Waals surface area contributed by atoms with Crippen molar-refractivity contribution in [2.45, 2.75) is 51.4 Å². The minimum atomic E-state index is 0.0402. The van der Waals surface area contributed by atoms with E-state index in [2.05, 4.69) is 9.97 Å². The van der Waals surface area contributed by atoms with Crippen molar-refractivity contribution in [3.05, 3.63) is 26.6 Å². The van der Waals surface area contributed by atoms with Crippen LogP contribution in [0.3, 0.4) is 0 Å². The summed E-state index contributed by atoms with van der Waals surface area (Å²) in [6, 6.07) is 0. The second-order valence-electron chi connectivity index (χ2n) is 5.88. The van der Waals surface area contributed by atoms with Gasteiger partial charge in [-0.05, 0) is 45.1 Å². The summed E-state index contributed by atoms with van der Waals surface area (Å²) >= 11 is 3.46. The molecule has 2 aromatic heterocycles. The maximum absolute atomic E-state index is 12.4. The smallest absolute Gasteiger partial charge is 0.259 e. The Morgan fingerprint density at radius 3 is 3.00 bits per heavy atom. The number of nitrogens with one attached hydrogen (secondary N) is 1. The number of hydrogen-bond acceptors (Lipinski definition) is 5. The van der Waals surface area contributed by atoms with Crippen LogP contribution in [0.1, 0.15) is 43.0 Å². The summed E-state index contributed by atoms with van der Waals surface area (Å²) in [6.07, 6.45) is 4.82. The molecule has 0 unspecified atom stereocenters. The van der Waals surface area contributed by atoms with E-state index in [0.717, 1.165) is 47.0 Å². The first-order chi connectivity index (χ1) is 10.6. The molecule has 1 N–H and O–H groups in total. The maximum Gasteiger partial charge on any atom is 0.259 e. The van der Waals surface area contributed by atoms with Crippen LogP contribution in [-0.4, -0.2) is 28.4 Å². The lowest BCUT2D eigenvalue weighted by Crippen LogP contribution is -2.13. The van der Waals surface area contributed by atoms with Crippen molar-refractivity contribution < 1.29 is 4.74 Å². The van der Waals surface area contributed by atoms with Crippen molar-refractivity contribution in [1.29, 1.82) is 0 Å². The summed E-state index contributed by atoms with van der Waals surface area (Å²) in [4.78, 5) is 22.3. The first-order valence-corrected chi connectivity index (χ1v) is 9.85. The van der Waals surface area contributed by atoms with Crippen LogP contribution in [0.25, 0.3) is 10.2 Å². The number of ether oxygens (including phenoxy) is 1. The third-order valence-corrected chi connectivity index (χ3v) is 5.91. The number of thiophene rings is 1. The largest absolute Gasteiger partial charge is 0.378 e. The highest BCUT2D eigenvalue weighted by molar-refractivity contribution is 7.98. The Bertz CT molecular complexity index is 706. The minimum absolute atomic E-state index is 0.0402. The Kier molecular flexibility index (Phi) is 5.21. The Morgan fingerprint density at radius 1 is 1.36 bits per heavy atom. The number of aryl methyl sites for hydroxylation is 2. The first-order valence-electron chi connectivity index (χ1n) is 7.88. The summed E-state index contributed by atoms with van der Waals surface area (Å²) in [6.45, 7) is 4.81. The number of aromatic amines is 1. The second kappa shape index (κ2) is 7.15. The van der Waals surface area contributed by atoms with E-state index in [1.54, 1.807) is 23.1 Å². The maximum atomic E-state index is 12.4. The van der Waals surface area contributed by atoms with Gasteiger partial charge in [0.25, 0.3) is 5.56 Å². The van der Waals surface area contributed by atoms with Crippen LogP contribution in [0.5, 0.6) is 0 Å². The van der Waals surface area contributed by atoms with Gasteiger partial charge in [0.2, 0.25) is 0 Å². The molecule has 1 aliphatic rings. The highest BCUT2D eigenvalue weighted by atomic mass is 32.2. The van der Waals surface area contributed by atoms with Crippen molar-refractivity contribution >= 4 is 33.3 Å². The zero-order chi connectivity index (χ0) is 15.5. The monoisotopic (exact) mass is 338 g/mol. The van der Waals surface area contributed by atoms with Crippen LogP contribution >= 0.6 is 23.1 Å². The Balaban J connectivity index is 1.71. The quantitative estimate of drug-likeness (QED) is 0.819. The summed E-state index contributed by atoms with van der Waals surface area (Å²) < 4.78 is 5.52. The normalized spacial score (nSPS) is 14.7. The number of thioether (sulfide) groups is 1. The van der Waals surface area contributed by atoms with E-state index >= 15 is 0 Å². The van der Waals surface area contributed by atoms with E-state index in [0.29, 0.717) is 0 Å². The molecular weight excluding hydrogens is 316 g/mol. The van der Waals surface area contributed by atoms with Gasteiger partial charge in [-0.1, -0.05) is 0 Å². The molecule has 2 aromatic rings. The van der Waals surface area contributed by atoms with Crippen molar-refractivity contribution in [2.75, 3.05) is 12.4 Å². The molecule has 6 heteroatoms. The number of hydrogen-bond donors (Lipinski definition) is 1. The molecule has 0 bridgehead atoms. The van der Waals surface area contributed by atoms with Gasteiger partial charge in [0.15, 0.2) is 0 Å². The predicted octanol–water partition coefficient (Wildman–Crippen LogP) is 3.52. The van der Waals surface area contributed by atoms with Gasteiger partial charge in [0, 0.05) is 10.6 Å². The number of nitrogens with zero attached hydrogens (tertiary/aromatic N) is 1. The van der Waals surface area contributed by atoms with Crippen LogP contribution in [0.2, 0.25) is 0 Å². The van der Waals surface area contributed by atoms with Crippen molar-refractivity contribution in [3.63, 3.8) is 0 Å². The van der Waals surface area contributed by atoms with Gasteiger partial charge in [-0.15, -0.1) is 11.3 Å². The second-order valence-corrected chi connectivity index (χ2v) is 8.06. The number of aromatic nitrogens is 2. The molecule has 2 heterocycles.